The van der Waals surface area contributed by atoms with Gasteiger partial charge in [-0.2, -0.15) is 0 Å². The molecule has 3 aromatic rings. The number of nitrogens with zero attached hydrogens (tertiary/aromatic N) is 2. The molecule has 4 amide bonds. The van der Waals surface area contributed by atoms with E-state index in [1.807, 2.05) is 50.2 Å². The molecule has 2 aromatic carbocycles. The Balaban J connectivity index is 1.49. The number of hydrogen-bond donors (Lipinski definition) is 2. The second kappa shape index (κ2) is 6.97. The molecule has 148 valence electrons. The van der Waals surface area contributed by atoms with Gasteiger partial charge < -0.3 is 10.6 Å². The summed E-state index contributed by atoms with van der Waals surface area (Å²) in [5.74, 6) is -0.891. The molecule has 0 radical (unpaired) electrons. The lowest BCUT2D eigenvalue weighted by atomic mass is 9.91. The summed E-state index contributed by atoms with van der Waals surface area (Å²) in [6, 6.07) is 12.2. The fourth-order valence-corrected chi connectivity index (χ4v) is 4.25. The molecule has 1 aliphatic rings. The summed E-state index contributed by atoms with van der Waals surface area (Å²) in [5, 5.41) is 6.41. The van der Waals surface area contributed by atoms with E-state index in [1.54, 1.807) is 13.0 Å². The van der Waals surface area contributed by atoms with E-state index < -0.39 is 23.4 Å². The van der Waals surface area contributed by atoms with Crippen molar-refractivity contribution in [1.29, 1.82) is 0 Å². The van der Waals surface area contributed by atoms with Crippen LogP contribution in [0.15, 0.2) is 42.5 Å². The Labute approximate surface area is 171 Å². The van der Waals surface area contributed by atoms with Crippen LogP contribution in [0.25, 0.3) is 10.2 Å². The summed E-state index contributed by atoms with van der Waals surface area (Å²) >= 11 is 1.53. The minimum atomic E-state index is -1.19. The molecular formula is C21H20N4O3S. The predicted octanol–water partition coefficient (Wildman–Crippen LogP) is 3.32. The normalized spacial score (nSPS) is 18.9. The molecule has 0 aliphatic carbocycles. The zero-order chi connectivity index (χ0) is 20.8. The first-order valence-electron chi connectivity index (χ1n) is 9.14. The summed E-state index contributed by atoms with van der Waals surface area (Å²) in [4.78, 5) is 43.2. The monoisotopic (exact) mass is 408 g/mol. The number of benzene rings is 2. The fraction of sp³-hybridized carbons (Fsp3) is 0.238. The van der Waals surface area contributed by atoms with E-state index in [1.165, 1.54) is 11.3 Å². The van der Waals surface area contributed by atoms with Gasteiger partial charge in [0.2, 0.25) is 5.91 Å². The lowest BCUT2D eigenvalue weighted by Gasteiger charge is -2.22. The smallest absolute Gasteiger partial charge is 0.324 e. The maximum atomic E-state index is 12.9. The Morgan fingerprint density at radius 3 is 2.62 bits per heavy atom. The lowest BCUT2D eigenvalue weighted by Crippen LogP contribution is -2.42. The molecule has 0 unspecified atom stereocenters. The molecule has 1 fully saturated rings. The number of thiazole rings is 1. The second-order valence-electron chi connectivity index (χ2n) is 7.28. The van der Waals surface area contributed by atoms with E-state index in [4.69, 9.17) is 0 Å². The first-order chi connectivity index (χ1) is 13.8. The van der Waals surface area contributed by atoms with Gasteiger partial charge in [0, 0.05) is 5.69 Å². The van der Waals surface area contributed by atoms with E-state index in [-0.39, 0.29) is 6.54 Å². The van der Waals surface area contributed by atoms with Crippen LogP contribution >= 0.6 is 11.3 Å². The Kier molecular flexibility index (Phi) is 4.58. The number of aromatic nitrogens is 1. The first kappa shape index (κ1) is 19.1. The van der Waals surface area contributed by atoms with E-state index >= 15 is 0 Å². The number of fused-ring (bicyclic) bond motifs is 1. The third-order valence-electron chi connectivity index (χ3n) is 4.98. The van der Waals surface area contributed by atoms with Crippen molar-refractivity contribution in [2.75, 3.05) is 11.9 Å². The van der Waals surface area contributed by atoms with Gasteiger partial charge in [-0.3, -0.25) is 14.5 Å². The molecule has 1 saturated heterocycles. The van der Waals surface area contributed by atoms with Crippen LogP contribution in [-0.2, 0) is 15.1 Å². The first-order valence-corrected chi connectivity index (χ1v) is 9.96. The van der Waals surface area contributed by atoms with Crippen molar-refractivity contribution < 1.29 is 14.4 Å². The maximum absolute atomic E-state index is 12.9. The third kappa shape index (κ3) is 3.47. The summed E-state index contributed by atoms with van der Waals surface area (Å²) < 4.78 is 0.960. The van der Waals surface area contributed by atoms with Crippen molar-refractivity contribution in [3.8, 4) is 0 Å². The van der Waals surface area contributed by atoms with Crippen LogP contribution in [0.2, 0.25) is 0 Å². The third-order valence-corrected chi connectivity index (χ3v) is 5.92. The van der Waals surface area contributed by atoms with Gasteiger partial charge in [-0.15, -0.1) is 11.3 Å². The predicted molar refractivity (Wildman–Crippen MR) is 112 cm³/mol. The van der Waals surface area contributed by atoms with Crippen molar-refractivity contribution in [2.45, 2.75) is 26.3 Å². The molecule has 1 aliphatic heterocycles. The summed E-state index contributed by atoms with van der Waals surface area (Å²) in [7, 11) is 0. The van der Waals surface area contributed by atoms with Crippen molar-refractivity contribution >= 4 is 45.1 Å². The van der Waals surface area contributed by atoms with Gasteiger partial charge >= 0.3 is 6.03 Å². The Bertz CT molecular complexity index is 1140. The van der Waals surface area contributed by atoms with Crippen molar-refractivity contribution in [3.05, 3.63) is 58.6 Å². The zero-order valence-corrected chi connectivity index (χ0v) is 17.1. The maximum Gasteiger partial charge on any atom is 0.325 e. The SMILES string of the molecule is Cc1ccc([C@]2(C)NC(=O)N(CC(=O)Nc3ccc4nc(C)sc4c3)C2=O)cc1. The zero-order valence-electron chi connectivity index (χ0n) is 16.3. The average molecular weight is 408 g/mol. The molecule has 0 spiro atoms. The van der Waals surface area contributed by atoms with Crippen LogP contribution < -0.4 is 10.6 Å². The number of hydrogen-bond acceptors (Lipinski definition) is 5. The quantitative estimate of drug-likeness (QED) is 0.648. The summed E-state index contributed by atoms with van der Waals surface area (Å²) in [5.41, 5.74) is 2.01. The lowest BCUT2D eigenvalue weighted by molar-refractivity contribution is -0.133. The molecular weight excluding hydrogens is 388 g/mol. The van der Waals surface area contributed by atoms with Crippen LogP contribution in [0.3, 0.4) is 0 Å². The topological polar surface area (TPSA) is 91.4 Å². The van der Waals surface area contributed by atoms with Crippen LogP contribution in [-0.4, -0.2) is 34.3 Å². The fourth-order valence-electron chi connectivity index (χ4n) is 3.38. The van der Waals surface area contributed by atoms with Crippen molar-refractivity contribution in [2.24, 2.45) is 0 Å². The summed E-state index contributed by atoms with van der Waals surface area (Å²) in [6.45, 7) is 5.16. The van der Waals surface area contributed by atoms with Gasteiger partial charge in [0.15, 0.2) is 0 Å². The number of anilines is 1. The Hall–Kier alpha value is -3.26. The number of urea groups is 1. The highest BCUT2D eigenvalue weighted by molar-refractivity contribution is 7.18. The van der Waals surface area contributed by atoms with E-state index in [2.05, 4.69) is 15.6 Å². The van der Waals surface area contributed by atoms with E-state index in [0.29, 0.717) is 11.3 Å². The highest BCUT2D eigenvalue weighted by Gasteiger charge is 2.49. The molecule has 2 N–H and O–H groups in total. The van der Waals surface area contributed by atoms with Crippen LogP contribution in [0.4, 0.5) is 10.5 Å². The molecule has 0 bridgehead atoms. The molecule has 2 heterocycles. The standard InChI is InChI=1S/C21H20N4O3S/c1-12-4-6-14(7-5-12)21(3)19(27)25(20(28)24-21)11-18(26)23-15-8-9-16-17(10-15)29-13(2)22-16/h4-10H,11H2,1-3H3,(H,23,26)(H,24,28)/t21-/m0/s1. The van der Waals surface area contributed by atoms with Crippen molar-refractivity contribution in [1.82, 2.24) is 15.2 Å². The van der Waals surface area contributed by atoms with Gasteiger partial charge in [-0.25, -0.2) is 9.78 Å². The number of amides is 4. The molecule has 8 heteroatoms. The highest BCUT2D eigenvalue weighted by atomic mass is 32.1. The number of carbonyl (C=O) groups is 3. The van der Waals surface area contributed by atoms with Crippen molar-refractivity contribution in [3.63, 3.8) is 0 Å². The van der Waals surface area contributed by atoms with Gasteiger partial charge in [0.25, 0.3) is 5.91 Å². The van der Waals surface area contributed by atoms with E-state index in [0.717, 1.165) is 25.7 Å². The molecule has 1 atom stereocenters. The minimum Gasteiger partial charge on any atom is -0.324 e. The number of carbonyl (C=O) groups excluding carboxylic acids is 3. The molecule has 7 nitrogen and oxygen atoms in total. The highest BCUT2D eigenvalue weighted by Crippen LogP contribution is 2.29. The van der Waals surface area contributed by atoms with Gasteiger partial charge in [-0.05, 0) is 44.5 Å². The number of rotatable bonds is 4. The molecule has 4 rings (SSSR count). The number of aryl methyl sites for hydroxylation is 2. The van der Waals surface area contributed by atoms with Crippen LogP contribution in [0.1, 0.15) is 23.1 Å². The van der Waals surface area contributed by atoms with E-state index in [9.17, 15) is 14.4 Å². The van der Waals surface area contributed by atoms with Gasteiger partial charge in [-0.1, -0.05) is 29.8 Å². The molecule has 29 heavy (non-hydrogen) atoms. The second-order valence-corrected chi connectivity index (χ2v) is 8.51. The van der Waals surface area contributed by atoms with Crippen LogP contribution in [0.5, 0.6) is 0 Å². The minimum absolute atomic E-state index is 0.355. The molecule has 1 aromatic heterocycles. The number of imide groups is 1. The molecule has 0 saturated carbocycles. The van der Waals surface area contributed by atoms with Gasteiger partial charge in [0.1, 0.15) is 12.1 Å². The average Bonchev–Trinajstić information content (AvgIpc) is 3.14. The number of nitrogens with one attached hydrogen (secondary N) is 2. The largest absolute Gasteiger partial charge is 0.325 e. The van der Waals surface area contributed by atoms with Gasteiger partial charge in [0.05, 0.1) is 15.2 Å². The Morgan fingerprint density at radius 1 is 1.17 bits per heavy atom. The Morgan fingerprint density at radius 2 is 1.90 bits per heavy atom. The van der Waals surface area contributed by atoms with Crippen LogP contribution in [0, 0.1) is 13.8 Å². The summed E-state index contributed by atoms with van der Waals surface area (Å²) in [6.07, 6.45) is 0.